The van der Waals surface area contributed by atoms with Gasteiger partial charge in [-0.2, -0.15) is 0 Å². The molecule has 0 atom stereocenters. The maximum atomic E-state index is 11.1. The zero-order chi connectivity index (χ0) is 18.0. The van der Waals surface area contributed by atoms with E-state index >= 15 is 0 Å². The topological polar surface area (TPSA) is 69.0 Å². The zero-order valence-corrected chi connectivity index (χ0v) is 15.5. The number of aromatic nitrogens is 3. The molecular formula is C18H23ClN4O2. The van der Waals surface area contributed by atoms with Crippen LogP contribution in [0.5, 0.6) is 5.75 Å². The Morgan fingerprint density at radius 3 is 2.84 bits per heavy atom. The van der Waals surface area contributed by atoms with Gasteiger partial charge in [0.05, 0.1) is 0 Å². The minimum absolute atomic E-state index is 0.0184. The van der Waals surface area contributed by atoms with Crippen LogP contribution < -0.4 is 10.1 Å². The van der Waals surface area contributed by atoms with Gasteiger partial charge in [0.25, 0.3) is 0 Å². The fourth-order valence-electron chi connectivity index (χ4n) is 3.15. The third kappa shape index (κ3) is 3.95. The van der Waals surface area contributed by atoms with E-state index in [1.165, 1.54) is 0 Å². The highest BCUT2D eigenvalue weighted by Gasteiger charge is 2.34. The lowest BCUT2D eigenvalue weighted by Crippen LogP contribution is -2.43. The molecule has 1 aromatic carbocycles. The average Bonchev–Trinajstić information content (AvgIpc) is 2.90. The average molecular weight is 363 g/mol. The van der Waals surface area contributed by atoms with E-state index in [-0.39, 0.29) is 11.9 Å². The molecule has 1 fully saturated rings. The first kappa shape index (κ1) is 17.7. The van der Waals surface area contributed by atoms with Gasteiger partial charge in [0.2, 0.25) is 5.91 Å². The molecule has 0 bridgehead atoms. The van der Waals surface area contributed by atoms with Gasteiger partial charge in [0.15, 0.2) is 5.82 Å². The fourth-order valence-corrected chi connectivity index (χ4v) is 3.40. The smallest absolute Gasteiger partial charge is 0.217 e. The third-order valence-corrected chi connectivity index (χ3v) is 5.04. The van der Waals surface area contributed by atoms with Crippen LogP contribution in [0.4, 0.5) is 0 Å². The van der Waals surface area contributed by atoms with Crippen molar-refractivity contribution >= 4 is 17.5 Å². The summed E-state index contributed by atoms with van der Waals surface area (Å²) < 4.78 is 7.84. The van der Waals surface area contributed by atoms with Crippen molar-refractivity contribution in [3.05, 3.63) is 40.4 Å². The molecule has 3 rings (SSSR count). The molecule has 1 aliphatic rings. The number of benzene rings is 1. The van der Waals surface area contributed by atoms with Gasteiger partial charge in [-0.05, 0) is 43.0 Å². The number of aryl methyl sites for hydroxylation is 1. The van der Waals surface area contributed by atoms with Crippen molar-refractivity contribution < 1.29 is 9.53 Å². The highest BCUT2D eigenvalue weighted by Crippen LogP contribution is 2.35. The Morgan fingerprint density at radius 2 is 2.16 bits per heavy atom. The van der Waals surface area contributed by atoms with Gasteiger partial charge in [-0.15, -0.1) is 10.2 Å². The third-order valence-electron chi connectivity index (χ3n) is 4.68. The van der Waals surface area contributed by atoms with E-state index in [4.69, 9.17) is 16.3 Å². The maximum absolute atomic E-state index is 11.1. The highest BCUT2D eigenvalue weighted by atomic mass is 35.5. The largest absolute Gasteiger partial charge is 0.486 e. The highest BCUT2D eigenvalue weighted by molar-refractivity contribution is 6.31. The van der Waals surface area contributed by atoms with Crippen LogP contribution in [0.2, 0.25) is 5.02 Å². The number of nitrogens with zero attached hydrogens (tertiary/aromatic N) is 3. The van der Waals surface area contributed by atoms with E-state index in [9.17, 15) is 4.79 Å². The molecule has 134 valence electrons. The number of carbonyl (C=O) groups is 1. The molecule has 0 aliphatic heterocycles. The number of rotatable bonds is 6. The van der Waals surface area contributed by atoms with Crippen molar-refractivity contribution in [2.24, 2.45) is 7.05 Å². The second-order valence-corrected chi connectivity index (χ2v) is 6.90. The molecule has 1 heterocycles. The van der Waals surface area contributed by atoms with Gasteiger partial charge < -0.3 is 14.6 Å². The van der Waals surface area contributed by atoms with Gasteiger partial charge >= 0.3 is 0 Å². The van der Waals surface area contributed by atoms with Crippen LogP contribution in [0.3, 0.4) is 0 Å². The molecule has 0 unspecified atom stereocenters. The van der Waals surface area contributed by atoms with Crippen LogP contribution in [0.1, 0.15) is 49.8 Å². The van der Waals surface area contributed by atoms with Crippen molar-refractivity contribution in [1.29, 1.82) is 0 Å². The number of nitrogens with one attached hydrogen (secondary N) is 1. The van der Waals surface area contributed by atoms with Crippen LogP contribution in [0.15, 0.2) is 18.2 Å². The van der Waals surface area contributed by atoms with Gasteiger partial charge in [0, 0.05) is 31.0 Å². The van der Waals surface area contributed by atoms with Crippen molar-refractivity contribution in [1.82, 2.24) is 20.1 Å². The summed E-state index contributed by atoms with van der Waals surface area (Å²) in [6.45, 7) is 3.97. The number of carbonyl (C=O) groups excluding carboxylic acids is 1. The fraction of sp³-hybridized carbons (Fsp3) is 0.500. The second kappa shape index (κ2) is 7.44. The Morgan fingerprint density at radius 1 is 1.40 bits per heavy atom. The molecule has 0 saturated heterocycles. The molecule has 1 aliphatic carbocycles. The Bertz CT molecular complexity index is 768. The van der Waals surface area contributed by atoms with E-state index in [2.05, 4.69) is 22.4 Å². The molecule has 6 nitrogen and oxygen atoms in total. The Hall–Kier alpha value is -2.08. The van der Waals surface area contributed by atoms with Crippen molar-refractivity contribution in [2.75, 3.05) is 0 Å². The van der Waals surface area contributed by atoms with Gasteiger partial charge in [-0.3, -0.25) is 4.79 Å². The predicted octanol–water partition coefficient (Wildman–Crippen LogP) is 2.99. The van der Waals surface area contributed by atoms with Crippen LogP contribution in [0, 0.1) is 0 Å². The summed E-state index contributed by atoms with van der Waals surface area (Å²) in [5, 5.41) is 12.3. The molecule has 7 heteroatoms. The summed E-state index contributed by atoms with van der Waals surface area (Å²) in [6, 6.07) is 5.93. The van der Waals surface area contributed by atoms with E-state index < -0.39 is 0 Å². The minimum atomic E-state index is 0.0184. The lowest BCUT2D eigenvalue weighted by molar-refractivity contribution is -0.120. The summed E-state index contributed by atoms with van der Waals surface area (Å²) in [6.07, 6.45) is 2.67. The summed E-state index contributed by atoms with van der Waals surface area (Å²) in [5.74, 6) is 2.87. The van der Waals surface area contributed by atoms with Crippen molar-refractivity contribution in [3.8, 4) is 5.75 Å². The lowest BCUT2D eigenvalue weighted by atomic mass is 9.79. The Labute approximate surface area is 152 Å². The van der Waals surface area contributed by atoms with E-state index in [0.29, 0.717) is 12.5 Å². The minimum Gasteiger partial charge on any atom is -0.486 e. The summed E-state index contributed by atoms with van der Waals surface area (Å²) >= 11 is 6.13. The molecule has 0 radical (unpaired) electrons. The van der Waals surface area contributed by atoms with Gasteiger partial charge in [-0.1, -0.05) is 18.5 Å². The number of amides is 1. The number of halogens is 1. The SMILES string of the molecule is CCc1cc(OCc2nnc(C3CC(NC(C)=O)C3)n2C)ccc1Cl. The normalized spacial score (nSPS) is 19.4. The number of hydrogen-bond acceptors (Lipinski definition) is 4. The van der Waals surface area contributed by atoms with E-state index in [1.54, 1.807) is 6.92 Å². The molecular weight excluding hydrogens is 340 g/mol. The van der Waals surface area contributed by atoms with Gasteiger partial charge in [0.1, 0.15) is 18.2 Å². The first-order chi connectivity index (χ1) is 12.0. The quantitative estimate of drug-likeness (QED) is 0.857. The zero-order valence-electron chi connectivity index (χ0n) is 14.8. The molecule has 1 amide bonds. The van der Waals surface area contributed by atoms with Crippen molar-refractivity contribution in [3.63, 3.8) is 0 Å². The van der Waals surface area contributed by atoms with E-state index in [0.717, 1.165) is 47.2 Å². The summed E-state index contributed by atoms with van der Waals surface area (Å²) in [5.41, 5.74) is 1.07. The van der Waals surface area contributed by atoms with Crippen LogP contribution in [-0.2, 0) is 24.9 Å². The lowest BCUT2D eigenvalue weighted by Gasteiger charge is -2.34. The van der Waals surface area contributed by atoms with Gasteiger partial charge in [-0.25, -0.2) is 0 Å². The number of hydrogen-bond donors (Lipinski definition) is 1. The van der Waals surface area contributed by atoms with E-state index in [1.807, 2.05) is 29.8 Å². The van der Waals surface area contributed by atoms with Crippen molar-refractivity contribution in [2.45, 2.75) is 51.7 Å². The predicted molar refractivity (Wildman–Crippen MR) is 95.7 cm³/mol. The molecule has 1 N–H and O–H groups in total. The first-order valence-electron chi connectivity index (χ1n) is 8.54. The van der Waals surface area contributed by atoms with Crippen LogP contribution in [-0.4, -0.2) is 26.7 Å². The Kier molecular flexibility index (Phi) is 5.27. The van der Waals surface area contributed by atoms with Crippen LogP contribution >= 0.6 is 11.6 Å². The standard InChI is InChI=1S/C18H23ClN4O2/c1-4-12-9-15(5-6-16(12)19)25-10-17-21-22-18(23(17)3)13-7-14(8-13)20-11(2)24/h5-6,9,13-14H,4,7-8,10H2,1-3H3,(H,20,24). The monoisotopic (exact) mass is 362 g/mol. The molecule has 1 saturated carbocycles. The molecule has 1 aromatic heterocycles. The number of ether oxygens (including phenoxy) is 1. The summed E-state index contributed by atoms with van der Waals surface area (Å²) in [7, 11) is 1.96. The molecule has 25 heavy (non-hydrogen) atoms. The maximum Gasteiger partial charge on any atom is 0.217 e. The summed E-state index contributed by atoms with van der Waals surface area (Å²) in [4.78, 5) is 11.1. The second-order valence-electron chi connectivity index (χ2n) is 6.49. The Balaban J connectivity index is 1.60. The molecule has 0 spiro atoms. The van der Waals surface area contributed by atoms with Crippen LogP contribution in [0.25, 0.3) is 0 Å². The first-order valence-corrected chi connectivity index (χ1v) is 8.92. The molecule has 2 aromatic rings.